The monoisotopic (exact) mass is 186 g/mol. The first-order valence-electron chi connectivity index (χ1n) is 3.57. The highest BCUT2D eigenvalue weighted by Gasteiger charge is 2.03. The molecule has 1 aromatic carbocycles. The smallest absolute Gasteiger partial charge is 0.210 e. The summed E-state index contributed by atoms with van der Waals surface area (Å²) in [5, 5.41) is 17.4. The zero-order chi connectivity index (χ0) is 9.68. The molecule has 0 aromatic heterocycles. The Morgan fingerprint density at radius 3 is 2.69 bits per heavy atom. The maximum atomic E-state index is 9.23. The third-order valence-electron chi connectivity index (χ3n) is 1.33. The molecule has 0 aliphatic heterocycles. The number of benzene rings is 1. The van der Waals surface area contributed by atoms with Gasteiger partial charge in [0.05, 0.1) is 7.11 Å². The second kappa shape index (κ2) is 4.66. The molecule has 0 unspecified atom stereocenters. The first-order chi connectivity index (χ1) is 6.24. The van der Waals surface area contributed by atoms with Gasteiger partial charge in [-0.25, -0.2) is 4.89 Å². The largest absolute Gasteiger partial charge is 0.504 e. The highest BCUT2D eigenvalue weighted by Crippen LogP contribution is 2.26. The van der Waals surface area contributed by atoms with Crippen LogP contribution in [-0.2, 0) is 15.0 Å². The van der Waals surface area contributed by atoms with Crippen LogP contribution >= 0.6 is 0 Å². The molecule has 5 heteroatoms. The summed E-state index contributed by atoms with van der Waals surface area (Å²) in [6, 6.07) is 4.81. The van der Waals surface area contributed by atoms with E-state index in [0.29, 0.717) is 0 Å². The van der Waals surface area contributed by atoms with Crippen LogP contribution in [0.1, 0.15) is 5.56 Å². The number of hydrogen-bond acceptors (Lipinski definition) is 5. The van der Waals surface area contributed by atoms with Gasteiger partial charge in [0, 0.05) is 5.04 Å². The summed E-state index contributed by atoms with van der Waals surface area (Å²) < 4.78 is 0. The molecule has 5 nitrogen and oxygen atoms in total. The molecule has 0 amide bonds. The van der Waals surface area contributed by atoms with E-state index in [1.165, 1.54) is 13.2 Å². The van der Waals surface area contributed by atoms with Gasteiger partial charge in [0.2, 0.25) is 5.75 Å². The fourth-order valence-electron chi connectivity index (χ4n) is 0.766. The van der Waals surface area contributed by atoms with Gasteiger partial charge in [0.15, 0.2) is 5.75 Å². The zero-order valence-corrected chi connectivity index (χ0v) is 7.31. The number of phenols is 1. The normalized spacial score (nSPS) is 10.0. The van der Waals surface area contributed by atoms with Gasteiger partial charge in [0.25, 0.3) is 0 Å². The molecule has 0 saturated heterocycles. The molecule has 13 heavy (non-hydrogen) atoms. The van der Waals surface area contributed by atoms with E-state index in [1.807, 2.05) is 6.92 Å². The van der Waals surface area contributed by atoms with Crippen LogP contribution in [0.25, 0.3) is 0 Å². The van der Waals surface area contributed by atoms with Crippen LogP contribution in [0.3, 0.4) is 0 Å². The molecule has 0 aliphatic rings. The van der Waals surface area contributed by atoms with Crippen molar-refractivity contribution in [3.05, 3.63) is 23.8 Å². The average molecular weight is 186 g/mol. The van der Waals surface area contributed by atoms with E-state index in [1.54, 1.807) is 12.1 Å². The molecule has 1 N–H and O–H groups in total. The van der Waals surface area contributed by atoms with Crippen LogP contribution in [0.2, 0.25) is 0 Å². The van der Waals surface area contributed by atoms with Crippen molar-refractivity contribution in [2.45, 2.75) is 6.92 Å². The average Bonchev–Trinajstić information content (AvgIpc) is 2.11. The van der Waals surface area contributed by atoms with E-state index in [-0.39, 0.29) is 11.5 Å². The fraction of sp³-hybridized carbons (Fsp3) is 0.250. The van der Waals surface area contributed by atoms with Crippen molar-refractivity contribution in [3.63, 3.8) is 0 Å². The maximum Gasteiger partial charge on any atom is 0.210 e. The molecular formula is C8H10O5. The predicted octanol–water partition coefficient (Wildman–Crippen LogP) is 1.50. The second-order valence-corrected chi connectivity index (χ2v) is 2.36. The number of aromatic hydroxyl groups is 1. The van der Waals surface area contributed by atoms with Gasteiger partial charge in [-0.15, -0.1) is 0 Å². The van der Waals surface area contributed by atoms with Crippen LogP contribution in [-0.4, -0.2) is 12.2 Å². The van der Waals surface area contributed by atoms with Crippen LogP contribution < -0.4 is 4.89 Å². The molecule has 0 aliphatic carbocycles. The number of hydrogen-bond donors (Lipinski definition) is 1. The summed E-state index contributed by atoms with van der Waals surface area (Å²) >= 11 is 0. The minimum atomic E-state index is -0.0368. The van der Waals surface area contributed by atoms with Crippen molar-refractivity contribution >= 4 is 0 Å². The summed E-state index contributed by atoms with van der Waals surface area (Å²) in [5.41, 5.74) is 0.925. The first kappa shape index (κ1) is 9.79. The van der Waals surface area contributed by atoms with Crippen molar-refractivity contribution in [3.8, 4) is 11.5 Å². The van der Waals surface area contributed by atoms with Crippen LogP contribution in [0.4, 0.5) is 0 Å². The standard InChI is InChI=1S/C8H10O5/c1-6-3-4-7(9)8(5-6)11-13-12-10-2/h3-5,9H,1-2H3. The quantitative estimate of drug-likeness (QED) is 0.438. The van der Waals surface area contributed by atoms with E-state index in [4.69, 9.17) is 0 Å². The first-order valence-corrected chi connectivity index (χ1v) is 3.57. The van der Waals surface area contributed by atoms with E-state index in [0.717, 1.165) is 5.56 Å². The molecule has 1 aromatic rings. The summed E-state index contributed by atoms with van der Waals surface area (Å²) in [7, 11) is 1.26. The van der Waals surface area contributed by atoms with E-state index >= 15 is 0 Å². The Kier molecular flexibility index (Phi) is 3.51. The van der Waals surface area contributed by atoms with Crippen LogP contribution in [0.15, 0.2) is 18.2 Å². The van der Waals surface area contributed by atoms with Gasteiger partial charge in [-0.3, -0.25) is 0 Å². The third kappa shape index (κ3) is 2.90. The summed E-state index contributed by atoms with van der Waals surface area (Å²) in [6.45, 7) is 1.85. The SMILES string of the molecule is COOOOc1cc(C)ccc1O. The van der Waals surface area contributed by atoms with Crippen LogP contribution in [0.5, 0.6) is 11.5 Å². The van der Waals surface area contributed by atoms with Gasteiger partial charge in [-0.05, 0) is 29.7 Å². The Labute approximate surface area is 75.2 Å². The summed E-state index contributed by atoms with van der Waals surface area (Å²) in [4.78, 5) is 8.67. The van der Waals surface area contributed by atoms with E-state index in [9.17, 15) is 5.11 Å². The summed E-state index contributed by atoms with van der Waals surface area (Å²) in [6.07, 6.45) is 0. The van der Waals surface area contributed by atoms with Gasteiger partial charge >= 0.3 is 0 Å². The zero-order valence-electron chi connectivity index (χ0n) is 7.31. The highest BCUT2D eigenvalue weighted by atomic mass is 17.7. The lowest BCUT2D eigenvalue weighted by Crippen LogP contribution is -1.98. The van der Waals surface area contributed by atoms with Crippen molar-refractivity contribution in [2.75, 3.05) is 7.11 Å². The van der Waals surface area contributed by atoms with Gasteiger partial charge in [-0.2, -0.15) is 0 Å². The number of rotatable bonds is 4. The van der Waals surface area contributed by atoms with Crippen molar-refractivity contribution < 1.29 is 25.0 Å². The van der Waals surface area contributed by atoms with Crippen molar-refractivity contribution in [1.29, 1.82) is 0 Å². The number of aryl methyl sites for hydroxylation is 1. The summed E-state index contributed by atoms with van der Waals surface area (Å²) in [5.74, 6) is 0.127. The Bertz CT molecular complexity index is 273. The molecule has 0 heterocycles. The molecule has 0 radical (unpaired) electrons. The fourth-order valence-corrected chi connectivity index (χ4v) is 0.766. The lowest BCUT2D eigenvalue weighted by Gasteiger charge is -2.03. The molecule has 72 valence electrons. The van der Waals surface area contributed by atoms with E-state index in [2.05, 4.69) is 19.9 Å². The molecule has 1 rings (SSSR count). The molecule has 0 saturated carbocycles. The minimum absolute atomic E-state index is 0.0368. The topological polar surface area (TPSA) is 57.2 Å². The third-order valence-corrected chi connectivity index (χ3v) is 1.33. The Hall–Kier alpha value is -1.30. The molecular weight excluding hydrogens is 176 g/mol. The van der Waals surface area contributed by atoms with Gasteiger partial charge in [0.1, 0.15) is 0 Å². The Morgan fingerprint density at radius 1 is 1.23 bits per heavy atom. The van der Waals surface area contributed by atoms with Gasteiger partial charge in [-0.1, -0.05) is 6.07 Å². The van der Waals surface area contributed by atoms with Crippen LogP contribution in [0, 0.1) is 6.92 Å². The minimum Gasteiger partial charge on any atom is -0.504 e. The van der Waals surface area contributed by atoms with Crippen molar-refractivity contribution in [1.82, 2.24) is 0 Å². The van der Waals surface area contributed by atoms with Gasteiger partial charge < -0.3 is 9.99 Å². The molecule has 0 atom stereocenters. The van der Waals surface area contributed by atoms with E-state index < -0.39 is 0 Å². The lowest BCUT2D eigenvalue weighted by atomic mass is 10.2. The molecule has 0 bridgehead atoms. The van der Waals surface area contributed by atoms with Crippen molar-refractivity contribution in [2.24, 2.45) is 0 Å². The highest BCUT2D eigenvalue weighted by molar-refractivity contribution is 5.40. The lowest BCUT2D eigenvalue weighted by molar-refractivity contribution is -0.600. The maximum absolute atomic E-state index is 9.23. The Morgan fingerprint density at radius 2 is 2.00 bits per heavy atom. The number of phenolic OH excluding ortho intramolecular Hbond substituents is 1. The Balaban J connectivity index is 2.59. The predicted molar refractivity (Wildman–Crippen MR) is 42.7 cm³/mol. The molecule has 0 spiro atoms. The second-order valence-electron chi connectivity index (χ2n) is 2.36. The molecule has 0 fully saturated rings.